The summed E-state index contributed by atoms with van der Waals surface area (Å²) < 4.78 is 0. The fourth-order valence-electron chi connectivity index (χ4n) is 3.00. The van der Waals surface area contributed by atoms with Crippen molar-refractivity contribution in [2.24, 2.45) is 5.92 Å². The van der Waals surface area contributed by atoms with Crippen LogP contribution in [0.3, 0.4) is 0 Å². The monoisotopic (exact) mass is 245 g/mol. The summed E-state index contributed by atoms with van der Waals surface area (Å²) in [7, 11) is 0. The average Bonchev–Trinajstić information content (AvgIpc) is 2.42. The van der Waals surface area contributed by atoms with E-state index in [4.69, 9.17) is 0 Å². The molecule has 2 heteroatoms. The number of benzene rings is 1. The zero-order chi connectivity index (χ0) is 13.3. The minimum Gasteiger partial charge on any atom is -0.312 e. The number of rotatable bonds is 2. The molecule has 0 saturated carbocycles. The summed E-state index contributed by atoms with van der Waals surface area (Å²) in [6.07, 6.45) is 1.68. The lowest BCUT2D eigenvalue weighted by molar-refractivity contribution is -0.118. The second kappa shape index (κ2) is 4.75. The third-order valence-electron chi connectivity index (χ3n) is 4.69. The van der Waals surface area contributed by atoms with Crippen molar-refractivity contribution in [3.63, 3.8) is 0 Å². The summed E-state index contributed by atoms with van der Waals surface area (Å²) in [5.41, 5.74) is 2.63. The molecule has 0 aliphatic carbocycles. The van der Waals surface area contributed by atoms with Gasteiger partial charge in [0.15, 0.2) is 0 Å². The molecular weight excluding hydrogens is 222 g/mol. The van der Waals surface area contributed by atoms with Gasteiger partial charge < -0.3 is 4.90 Å². The van der Waals surface area contributed by atoms with Crippen molar-refractivity contribution >= 4 is 11.6 Å². The van der Waals surface area contributed by atoms with Gasteiger partial charge in [0.05, 0.1) is 0 Å². The van der Waals surface area contributed by atoms with Gasteiger partial charge in [-0.2, -0.15) is 0 Å². The fraction of sp³-hybridized carbons (Fsp3) is 0.562. The van der Waals surface area contributed by atoms with Crippen LogP contribution in [0, 0.1) is 5.92 Å². The van der Waals surface area contributed by atoms with Gasteiger partial charge in [-0.15, -0.1) is 0 Å². The van der Waals surface area contributed by atoms with Gasteiger partial charge in [0.1, 0.15) is 0 Å². The predicted octanol–water partition coefficient (Wildman–Crippen LogP) is 3.75. The number of anilines is 1. The first-order valence-electron chi connectivity index (χ1n) is 6.94. The van der Waals surface area contributed by atoms with E-state index < -0.39 is 0 Å². The van der Waals surface area contributed by atoms with Gasteiger partial charge >= 0.3 is 0 Å². The molecule has 0 aromatic heterocycles. The highest BCUT2D eigenvalue weighted by atomic mass is 16.2. The minimum absolute atomic E-state index is 0.182. The summed E-state index contributed by atoms with van der Waals surface area (Å²) in [5.74, 6) is 0.723. The third kappa shape index (κ3) is 1.84. The van der Waals surface area contributed by atoms with Crippen molar-refractivity contribution in [3.05, 3.63) is 29.8 Å². The Bertz CT molecular complexity index is 454. The number of hydrogen-bond acceptors (Lipinski definition) is 1. The van der Waals surface area contributed by atoms with Crippen molar-refractivity contribution in [2.45, 2.75) is 46.0 Å². The summed E-state index contributed by atoms with van der Waals surface area (Å²) in [4.78, 5) is 14.1. The molecule has 0 saturated heterocycles. The van der Waals surface area contributed by atoms with Gasteiger partial charge in [-0.1, -0.05) is 45.9 Å². The van der Waals surface area contributed by atoms with Gasteiger partial charge in [-0.25, -0.2) is 0 Å². The van der Waals surface area contributed by atoms with Crippen LogP contribution in [0.15, 0.2) is 24.3 Å². The molecule has 2 unspecified atom stereocenters. The van der Waals surface area contributed by atoms with E-state index in [2.05, 4.69) is 39.0 Å². The summed E-state index contributed by atoms with van der Waals surface area (Å²) in [6, 6.07) is 8.38. The van der Waals surface area contributed by atoms with Crippen LogP contribution < -0.4 is 4.90 Å². The van der Waals surface area contributed by atoms with E-state index in [0.29, 0.717) is 12.3 Å². The molecule has 98 valence electrons. The molecule has 2 rings (SSSR count). The van der Waals surface area contributed by atoms with Crippen molar-refractivity contribution in [3.8, 4) is 0 Å². The van der Waals surface area contributed by atoms with Crippen LogP contribution in [0.5, 0.6) is 0 Å². The van der Waals surface area contributed by atoms with Crippen LogP contribution in [-0.4, -0.2) is 12.5 Å². The Labute approximate surface area is 110 Å². The van der Waals surface area contributed by atoms with Crippen molar-refractivity contribution in [2.75, 3.05) is 11.4 Å². The Morgan fingerprint density at radius 2 is 2.06 bits per heavy atom. The van der Waals surface area contributed by atoms with Crippen LogP contribution in [0.25, 0.3) is 0 Å². The Morgan fingerprint density at radius 1 is 1.39 bits per heavy atom. The first kappa shape index (κ1) is 13.1. The molecule has 0 N–H and O–H groups in total. The SMILES string of the molecule is CCC(=O)N1CC(C)C(C)(CC)c2ccccc21. The van der Waals surface area contributed by atoms with E-state index in [9.17, 15) is 4.79 Å². The normalized spacial score (nSPS) is 26.9. The van der Waals surface area contributed by atoms with Crippen molar-refractivity contribution in [1.82, 2.24) is 0 Å². The van der Waals surface area contributed by atoms with Crippen molar-refractivity contribution < 1.29 is 4.79 Å². The highest BCUT2D eigenvalue weighted by molar-refractivity contribution is 5.94. The molecule has 1 aliphatic heterocycles. The lowest BCUT2D eigenvalue weighted by Crippen LogP contribution is -2.47. The number of amides is 1. The topological polar surface area (TPSA) is 20.3 Å². The van der Waals surface area contributed by atoms with Crippen LogP contribution in [-0.2, 0) is 10.2 Å². The number of hydrogen-bond donors (Lipinski definition) is 0. The molecule has 0 fully saturated rings. The quantitative estimate of drug-likeness (QED) is 0.777. The molecule has 1 heterocycles. The van der Waals surface area contributed by atoms with Gasteiger partial charge in [-0.05, 0) is 29.4 Å². The van der Waals surface area contributed by atoms with E-state index in [1.54, 1.807) is 0 Å². The van der Waals surface area contributed by atoms with E-state index in [1.165, 1.54) is 5.56 Å². The van der Waals surface area contributed by atoms with Crippen LogP contribution in [0.4, 0.5) is 5.69 Å². The highest BCUT2D eigenvalue weighted by Crippen LogP contribution is 2.45. The Kier molecular flexibility index (Phi) is 3.47. The number of carbonyl (C=O) groups excluding carboxylic acids is 1. The molecule has 0 spiro atoms. The summed E-state index contributed by atoms with van der Waals surface area (Å²) in [5, 5.41) is 0. The molecular formula is C16H23NO. The van der Waals surface area contributed by atoms with Crippen LogP contribution >= 0.6 is 0 Å². The molecule has 0 radical (unpaired) electrons. The lowest BCUT2D eigenvalue weighted by Gasteiger charge is -2.45. The van der Waals surface area contributed by atoms with Crippen LogP contribution in [0.2, 0.25) is 0 Å². The molecule has 2 atom stereocenters. The third-order valence-corrected chi connectivity index (χ3v) is 4.69. The van der Waals surface area contributed by atoms with Crippen LogP contribution in [0.1, 0.15) is 46.1 Å². The van der Waals surface area contributed by atoms with Gasteiger partial charge in [0.25, 0.3) is 0 Å². The summed E-state index contributed by atoms with van der Waals surface area (Å²) in [6.45, 7) is 9.60. The first-order valence-corrected chi connectivity index (χ1v) is 6.94. The van der Waals surface area contributed by atoms with Gasteiger partial charge in [0, 0.05) is 18.7 Å². The standard InChI is InChI=1S/C16H23NO/c1-5-15(18)17-11-12(3)16(4,6-2)13-9-7-8-10-14(13)17/h7-10,12H,5-6,11H2,1-4H3. The highest BCUT2D eigenvalue weighted by Gasteiger charge is 2.40. The fourth-order valence-corrected chi connectivity index (χ4v) is 3.00. The lowest BCUT2D eigenvalue weighted by atomic mass is 9.67. The van der Waals surface area contributed by atoms with E-state index in [-0.39, 0.29) is 11.3 Å². The molecule has 1 aliphatic rings. The Morgan fingerprint density at radius 3 is 2.67 bits per heavy atom. The number of nitrogens with zero attached hydrogens (tertiary/aromatic N) is 1. The summed E-state index contributed by atoms with van der Waals surface area (Å²) >= 11 is 0. The molecule has 2 nitrogen and oxygen atoms in total. The van der Waals surface area contributed by atoms with E-state index >= 15 is 0 Å². The molecule has 0 bridgehead atoms. The maximum absolute atomic E-state index is 12.1. The van der Waals surface area contributed by atoms with E-state index in [0.717, 1.165) is 18.7 Å². The molecule has 1 aromatic carbocycles. The Hall–Kier alpha value is -1.31. The second-order valence-electron chi connectivity index (χ2n) is 5.55. The zero-order valence-corrected chi connectivity index (χ0v) is 11.9. The Balaban J connectivity index is 2.54. The smallest absolute Gasteiger partial charge is 0.226 e. The molecule has 18 heavy (non-hydrogen) atoms. The van der Waals surface area contributed by atoms with Gasteiger partial charge in [0.2, 0.25) is 5.91 Å². The number of carbonyl (C=O) groups is 1. The van der Waals surface area contributed by atoms with E-state index in [1.807, 2.05) is 17.9 Å². The zero-order valence-electron chi connectivity index (χ0n) is 11.9. The second-order valence-corrected chi connectivity index (χ2v) is 5.55. The number of para-hydroxylation sites is 1. The average molecular weight is 245 g/mol. The van der Waals surface area contributed by atoms with Crippen molar-refractivity contribution in [1.29, 1.82) is 0 Å². The van der Waals surface area contributed by atoms with Gasteiger partial charge in [-0.3, -0.25) is 4.79 Å². The molecule has 1 aromatic rings. The maximum atomic E-state index is 12.1. The maximum Gasteiger partial charge on any atom is 0.226 e. The minimum atomic E-state index is 0.182. The first-order chi connectivity index (χ1) is 8.54. The predicted molar refractivity (Wildman–Crippen MR) is 75.9 cm³/mol. The number of fused-ring (bicyclic) bond motifs is 1. The molecule has 1 amide bonds. The largest absolute Gasteiger partial charge is 0.312 e.